The number of hydrogen-bond acceptors (Lipinski definition) is 6. The highest BCUT2D eigenvalue weighted by Crippen LogP contribution is 2.37. The lowest BCUT2D eigenvalue weighted by Gasteiger charge is -2.33. The summed E-state index contributed by atoms with van der Waals surface area (Å²) in [5, 5.41) is 6.67. The third kappa shape index (κ3) is 2.51. The van der Waals surface area contributed by atoms with Crippen molar-refractivity contribution in [1.82, 2.24) is 5.16 Å². The minimum atomic E-state index is -0.462. The van der Waals surface area contributed by atoms with Crippen LogP contribution in [0.4, 0.5) is 11.4 Å². The van der Waals surface area contributed by atoms with Gasteiger partial charge in [0.05, 0.1) is 16.9 Å². The van der Waals surface area contributed by atoms with Crippen molar-refractivity contribution in [3.8, 4) is 0 Å². The van der Waals surface area contributed by atoms with Crippen molar-refractivity contribution in [3.63, 3.8) is 0 Å². The summed E-state index contributed by atoms with van der Waals surface area (Å²) in [6, 6.07) is 6.88. The molecule has 1 aromatic carbocycles. The van der Waals surface area contributed by atoms with Gasteiger partial charge in [-0.1, -0.05) is 5.16 Å². The van der Waals surface area contributed by atoms with Crippen LogP contribution < -0.4 is 10.2 Å². The number of aryl methyl sites for hydroxylation is 1. The Hall–Kier alpha value is -2.83. The van der Waals surface area contributed by atoms with Crippen molar-refractivity contribution in [3.05, 3.63) is 41.3 Å². The zero-order valence-corrected chi connectivity index (χ0v) is 13.2. The molecule has 1 N–H and O–H groups in total. The molecule has 0 saturated carbocycles. The van der Waals surface area contributed by atoms with Crippen molar-refractivity contribution in [1.29, 1.82) is 0 Å². The molecule has 0 spiro atoms. The van der Waals surface area contributed by atoms with Crippen LogP contribution in [-0.4, -0.2) is 29.6 Å². The highest BCUT2D eigenvalue weighted by molar-refractivity contribution is 6.05. The molecule has 0 bridgehead atoms. The van der Waals surface area contributed by atoms with Crippen molar-refractivity contribution in [2.45, 2.75) is 32.4 Å². The first-order valence-electron chi connectivity index (χ1n) is 7.93. The molecule has 1 fully saturated rings. The van der Waals surface area contributed by atoms with Crippen LogP contribution in [0.3, 0.4) is 0 Å². The van der Waals surface area contributed by atoms with Crippen LogP contribution in [0.5, 0.6) is 0 Å². The Kier molecular flexibility index (Phi) is 3.48. The van der Waals surface area contributed by atoms with Crippen molar-refractivity contribution in [2.24, 2.45) is 0 Å². The average molecular weight is 327 g/mol. The van der Waals surface area contributed by atoms with Gasteiger partial charge >= 0.3 is 5.97 Å². The minimum Gasteiger partial charge on any atom is -0.455 e. The summed E-state index contributed by atoms with van der Waals surface area (Å²) < 4.78 is 10.2. The maximum absolute atomic E-state index is 12.2. The van der Waals surface area contributed by atoms with E-state index in [9.17, 15) is 9.59 Å². The number of carbonyl (C=O) groups is 2. The highest BCUT2D eigenvalue weighted by Gasteiger charge is 2.36. The molecule has 1 atom stereocenters. The Morgan fingerprint density at radius 2 is 2.33 bits per heavy atom. The first-order valence-corrected chi connectivity index (χ1v) is 7.93. The van der Waals surface area contributed by atoms with E-state index in [1.807, 2.05) is 6.07 Å². The van der Waals surface area contributed by atoms with Crippen LogP contribution in [0.25, 0.3) is 0 Å². The van der Waals surface area contributed by atoms with E-state index in [2.05, 4.69) is 15.4 Å². The van der Waals surface area contributed by atoms with E-state index in [0.717, 1.165) is 25.1 Å². The summed E-state index contributed by atoms with van der Waals surface area (Å²) in [5.74, 6) is 0.192. The molecule has 2 aliphatic rings. The van der Waals surface area contributed by atoms with Gasteiger partial charge in [0.15, 0.2) is 0 Å². The van der Waals surface area contributed by atoms with Crippen LogP contribution in [0, 0.1) is 6.92 Å². The minimum absolute atomic E-state index is 0.0106. The Morgan fingerprint density at radius 1 is 1.46 bits per heavy atom. The van der Waals surface area contributed by atoms with Crippen molar-refractivity contribution in [2.75, 3.05) is 16.8 Å². The summed E-state index contributed by atoms with van der Waals surface area (Å²) in [4.78, 5) is 26.5. The summed E-state index contributed by atoms with van der Waals surface area (Å²) in [6.45, 7) is 2.68. The number of anilines is 2. The zero-order chi connectivity index (χ0) is 16.7. The lowest BCUT2D eigenvalue weighted by Crippen LogP contribution is -2.43. The fourth-order valence-corrected chi connectivity index (χ4v) is 3.27. The smallest absolute Gasteiger partial charge is 0.338 e. The summed E-state index contributed by atoms with van der Waals surface area (Å²) in [5.41, 5.74) is 2.57. The molecule has 4 rings (SSSR count). The first-order chi connectivity index (χ1) is 11.6. The Labute approximate surface area is 138 Å². The second kappa shape index (κ2) is 5.67. The predicted octanol–water partition coefficient (Wildman–Crippen LogP) is 2.26. The van der Waals surface area contributed by atoms with Crippen LogP contribution in [0.15, 0.2) is 28.8 Å². The number of rotatable bonds is 3. The molecular formula is C17H17N3O4. The third-order valence-electron chi connectivity index (χ3n) is 4.38. The standard InChI is InChI=1S/C17H17N3O4/c1-10-7-12(19-24-10)9-23-17(22)11-4-5-14-13(8-11)18-16(21)15-3-2-6-20(14)15/h4-5,7-8,15H,2-3,6,9H2,1H3,(H,18,21). The molecule has 0 aliphatic carbocycles. The van der Waals surface area contributed by atoms with Crippen molar-refractivity contribution >= 4 is 23.3 Å². The van der Waals surface area contributed by atoms with E-state index in [4.69, 9.17) is 9.26 Å². The lowest BCUT2D eigenvalue weighted by molar-refractivity contribution is -0.117. The van der Waals surface area contributed by atoms with Gasteiger partial charge in [0.25, 0.3) is 0 Å². The number of benzene rings is 1. The van der Waals surface area contributed by atoms with Gasteiger partial charge in [-0.3, -0.25) is 4.79 Å². The van der Waals surface area contributed by atoms with Gasteiger partial charge in [-0.25, -0.2) is 4.79 Å². The third-order valence-corrected chi connectivity index (χ3v) is 4.38. The summed E-state index contributed by atoms with van der Waals surface area (Å²) in [7, 11) is 0. The predicted molar refractivity (Wildman–Crippen MR) is 85.8 cm³/mol. The van der Waals surface area contributed by atoms with Crippen molar-refractivity contribution < 1.29 is 18.8 Å². The number of fused-ring (bicyclic) bond motifs is 3. The molecule has 7 nitrogen and oxygen atoms in total. The molecule has 3 heterocycles. The van der Waals surface area contributed by atoms with Gasteiger partial charge < -0.3 is 19.5 Å². The van der Waals surface area contributed by atoms with E-state index in [0.29, 0.717) is 22.7 Å². The van der Waals surface area contributed by atoms with E-state index < -0.39 is 5.97 Å². The number of aromatic nitrogens is 1. The molecule has 2 aromatic rings. The molecular weight excluding hydrogens is 310 g/mol. The second-order valence-corrected chi connectivity index (χ2v) is 6.08. The Balaban J connectivity index is 1.51. The Bertz CT molecular complexity index is 814. The average Bonchev–Trinajstić information content (AvgIpc) is 3.21. The molecule has 1 saturated heterocycles. The van der Waals surface area contributed by atoms with Gasteiger partial charge in [-0.15, -0.1) is 0 Å². The topological polar surface area (TPSA) is 84.7 Å². The monoisotopic (exact) mass is 327 g/mol. The number of amides is 1. The van der Waals surface area contributed by atoms with Gasteiger partial charge in [-0.05, 0) is 38.0 Å². The van der Waals surface area contributed by atoms with Gasteiger partial charge in [0.1, 0.15) is 24.1 Å². The second-order valence-electron chi connectivity index (χ2n) is 6.08. The van der Waals surface area contributed by atoms with Crippen LogP contribution in [-0.2, 0) is 16.1 Å². The first kappa shape index (κ1) is 14.7. The number of esters is 1. The molecule has 7 heteroatoms. The normalized spacial score (nSPS) is 18.8. The highest BCUT2D eigenvalue weighted by atomic mass is 16.5. The molecule has 124 valence electrons. The number of carbonyl (C=O) groups excluding carboxylic acids is 2. The van der Waals surface area contributed by atoms with Gasteiger partial charge in [-0.2, -0.15) is 0 Å². The van der Waals surface area contributed by atoms with Crippen LogP contribution >= 0.6 is 0 Å². The number of ether oxygens (including phenoxy) is 1. The lowest BCUT2D eigenvalue weighted by atomic mass is 10.1. The fourth-order valence-electron chi connectivity index (χ4n) is 3.27. The number of nitrogens with one attached hydrogen (secondary N) is 1. The molecule has 24 heavy (non-hydrogen) atoms. The van der Waals surface area contributed by atoms with Crippen LogP contribution in [0.2, 0.25) is 0 Å². The van der Waals surface area contributed by atoms with E-state index in [-0.39, 0.29) is 18.6 Å². The number of nitrogens with zero attached hydrogens (tertiary/aromatic N) is 2. The SMILES string of the molecule is Cc1cc(COC(=O)c2ccc3c(c2)NC(=O)C2CCCN32)no1. The van der Waals surface area contributed by atoms with Gasteiger partial charge in [0.2, 0.25) is 5.91 Å². The molecule has 2 aliphatic heterocycles. The van der Waals surface area contributed by atoms with E-state index in [1.165, 1.54) is 0 Å². The summed E-state index contributed by atoms with van der Waals surface area (Å²) in [6.07, 6.45) is 1.87. The molecule has 0 radical (unpaired) electrons. The molecule has 1 aromatic heterocycles. The largest absolute Gasteiger partial charge is 0.455 e. The quantitative estimate of drug-likeness (QED) is 0.871. The molecule has 1 unspecified atom stereocenters. The zero-order valence-electron chi connectivity index (χ0n) is 13.2. The molecule has 1 amide bonds. The van der Waals surface area contributed by atoms with Gasteiger partial charge in [0, 0.05) is 12.6 Å². The maximum Gasteiger partial charge on any atom is 0.338 e. The maximum atomic E-state index is 12.2. The fraction of sp³-hybridized carbons (Fsp3) is 0.353. The van der Waals surface area contributed by atoms with Crippen LogP contribution in [0.1, 0.15) is 34.7 Å². The van der Waals surface area contributed by atoms with E-state index in [1.54, 1.807) is 25.1 Å². The Morgan fingerprint density at radius 3 is 3.12 bits per heavy atom. The summed E-state index contributed by atoms with van der Waals surface area (Å²) >= 11 is 0. The number of hydrogen-bond donors (Lipinski definition) is 1. The van der Waals surface area contributed by atoms with E-state index >= 15 is 0 Å².